The first kappa shape index (κ1) is 18.9. The molecule has 1 atom stereocenters. The fourth-order valence-electron chi connectivity index (χ4n) is 4.05. The van der Waals surface area contributed by atoms with Gasteiger partial charge in [-0.15, -0.1) is 0 Å². The Morgan fingerprint density at radius 3 is 2.71 bits per heavy atom. The summed E-state index contributed by atoms with van der Waals surface area (Å²) in [6.07, 6.45) is 0.684. The number of nitrogens with one attached hydrogen (secondary N) is 1. The van der Waals surface area contributed by atoms with Crippen molar-refractivity contribution in [2.24, 2.45) is 5.41 Å². The van der Waals surface area contributed by atoms with E-state index < -0.39 is 0 Å². The molecule has 4 rings (SSSR count). The number of pyridine rings is 1. The van der Waals surface area contributed by atoms with Crippen LogP contribution in [-0.2, 0) is 29.1 Å². The third kappa shape index (κ3) is 3.62. The van der Waals surface area contributed by atoms with Crippen molar-refractivity contribution in [1.82, 2.24) is 4.98 Å². The quantitative estimate of drug-likeness (QED) is 0.711. The minimum atomic E-state index is -0.163. The minimum Gasteiger partial charge on any atom is -0.376 e. The molecule has 1 unspecified atom stereocenters. The van der Waals surface area contributed by atoms with E-state index in [4.69, 9.17) is 9.47 Å². The second-order valence-electron chi connectivity index (χ2n) is 8.38. The average Bonchev–Trinajstić information content (AvgIpc) is 2.68. The summed E-state index contributed by atoms with van der Waals surface area (Å²) in [5.41, 5.74) is 4.22. The van der Waals surface area contributed by atoms with Crippen LogP contribution in [0.15, 0.2) is 53.3 Å². The molecule has 1 aromatic heterocycles. The largest absolute Gasteiger partial charge is 0.376 e. The standard InChI is InChI=1S/C24H27NO3/c1-16-8-7-11-18-22(16)19-14-28-21(12-20(19)25-23(18)26)24(2,3)15-27-13-17-9-5-4-6-10-17/h4-11,21H,12-15H2,1-3H3,(H,25,26). The SMILES string of the molecule is Cc1cccc2c(=O)[nH]c3c(c12)COC(C(C)(C)COCc1ccccc1)C3. The van der Waals surface area contributed by atoms with Gasteiger partial charge in [0.05, 0.1) is 25.9 Å². The summed E-state index contributed by atoms with van der Waals surface area (Å²) in [5.74, 6) is 0. The Hall–Kier alpha value is -2.43. The van der Waals surface area contributed by atoms with Crippen molar-refractivity contribution in [1.29, 1.82) is 0 Å². The van der Waals surface area contributed by atoms with E-state index in [1.165, 1.54) is 5.56 Å². The van der Waals surface area contributed by atoms with Crippen LogP contribution in [-0.4, -0.2) is 17.7 Å². The summed E-state index contributed by atoms with van der Waals surface area (Å²) in [7, 11) is 0. The summed E-state index contributed by atoms with van der Waals surface area (Å²) < 4.78 is 12.3. The Balaban J connectivity index is 1.52. The van der Waals surface area contributed by atoms with Gasteiger partial charge < -0.3 is 14.5 Å². The molecular weight excluding hydrogens is 350 g/mol. The molecule has 0 saturated carbocycles. The van der Waals surface area contributed by atoms with Gasteiger partial charge in [0.15, 0.2) is 0 Å². The molecule has 0 aliphatic carbocycles. The number of hydrogen-bond donors (Lipinski definition) is 1. The predicted molar refractivity (Wildman–Crippen MR) is 111 cm³/mol. The van der Waals surface area contributed by atoms with Crippen LogP contribution in [0.5, 0.6) is 0 Å². The van der Waals surface area contributed by atoms with Gasteiger partial charge in [0.2, 0.25) is 0 Å². The van der Waals surface area contributed by atoms with Crippen LogP contribution in [0.1, 0.15) is 36.2 Å². The summed E-state index contributed by atoms with van der Waals surface area (Å²) in [6.45, 7) is 8.08. The molecule has 2 heterocycles. The molecular formula is C24H27NO3. The van der Waals surface area contributed by atoms with Gasteiger partial charge in [-0.2, -0.15) is 0 Å². The predicted octanol–water partition coefficient (Wildman–Crippen LogP) is 4.52. The zero-order chi connectivity index (χ0) is 19.7. The first-order valence-electron chi connectivity index (χ1n) is 9.82. The molecule has 2 aromatic carbocycles. The molecule has 0 amide bonds. The number of fused-ring (bicyclic) bond motifs is 3. The van der Waals surface area contributed by atoms with Gasteiger partial charge in [-0.1, -0.05) is 56.3 Å². The third-order valence-corrected chi connectivity index (χ3v) is 5.72. The third-order valence-electron chi connectivity index (χ3n) is 5.72. The van der Waals surface area contributed by atoms with E-state index in [0.717, 1.165) is 27.6 Å². The van der Waals surface area contributed by atoms with Crippen LogP contribution in [0.2, 0.25) is 0 Å². The lowest BCUT2D eigenvalue weighted by Gasteiger charge is -2.37. The molecule has 0 radical (unpaired) electrons. The topological polar surface area (TPSA) is 51.3 Å². The van der Waals surface area contributed by atoms with E-state index in [-0.39, 0.29) is 17.1 Å². The first-order valence-corrected chi connectivity index (χ1v) is 9.82. The molecule has 4 nitrogen and oxygen atoms in total. The fourth-order valence-corrected chi connectivity index (χ4v) is 4.05. The highest BCUT2D eigenvalue weighted by Crippen LogP contribution is 2.34. The minimum absolute atomic E-state index is 0.00658. The van der Waals surface area contributed by atoms with Crippen LogP contribution in [0, 0.1) is 12.3 Å². The number of aromatic nitrogens is 1. The number of benzene rings is 2. The van der Waals surface area contributed by atoms with Crippen LogP contribution >= 0.6 is 0 Å². The van der Waals surface area contributed by atoms with E-state index in [1.54, 1.807) is 0 Å². The molecule has 3 aromatic rings. The van der Waals surface area contributed by atoms with Crippen molar-refractivity contribution in [3.63, 3.8) is 0 Å². The molecule has 0 bridgehead atoms. The fraction of sp³-hybridized carbons (Fsp3) is 0.375. The average molecular weight is 377 g/mol. The van der Waals surface area contributed by atoms with Gasteiger partial charge in [-0.05, 0) is 29.5 Å². The molecule has 0 fully saturated rings. The van der Waals surface area contributed by atoms with Gasteiger partial charge in [0.25, 0.3) is 5.56 Å². The monoisotopic (exact) mass is 377 g/mol. The van der Waals surface area contributed by atoms with Gasteiger partial charge in [0.1, 0.15) is 0 Å². The number of aryl methyl sites for hydroxylation is 1. The number of aromatic amines is 1. The zero-order valence-corrected chi connectivity index (χ0v) is 16.7. The second-order valence-corrected chi connectivity index (χ2v) is 8.38. The Morgan fingerprint density at radius 2 is 1.93 bits per heavy atom. The van der Waals surface area contributed by atoms with Crippen molar-refractivity contribution in [3.05, 3.63) is 81.3 Å². The Bertz CT molecular complexity index is 1040. The van der Waals surface area contributed by atoms with Crippen LogP contribution in [0.4, 0.5) is 0 Å². The molecule has 1 N–H and O–H groups in total. The molecule has 1 aliphatic rings. The Labute approximate surface area is 165 Å². The lowest BCUT2D eigenvalue weighted by Crippen LogP contribution is -2.40. The summed E-state index contributed by atoms with van der Waals surface area (Å²) >= 11 is 0. The van der Waals surface area contributed by atoms with E-state index in [9.17, 15) is 4.79 Å². The first-order chi connectivity index (χ1) is 13.5. The zero-order valence-electron chi connectivity index (χ0n) is 16.7. The van der Waals surface area contributed by atoms with Crippen molar-refractivity contribution in [2.75, 3.05) is 6.61 Å². The Kier molecular flexibility index (Phi) is 5.09. The molecule has 28 heavy (non-hydrogen) atoms. The van der Waals surface area contributed by atoms with Crippen molar-refractivity contribution in [2.45, 2.75) is 46.5 Å². The number of rotatable bonds is 5. The number of ether oxygens (including phenoxy) is 2. The number of H-pyrrole nitrogens is 1. The molecule has 1 aliphatic heterocycles. The maximum Gasteiger partial charge on any atom is 0.256 e. The highest BCUT2D eigenvalue weighted by Gasteiger charge is 2.35. The Morgan fingerprint density at radius 1 is 1.14 bits per heavy atom. The highest BCUT2D eigenvalue weighted by atomic mass is 16.5. The van der Waals surface area contributed by atoms with E-state index >= 15 is 0 Å². The van der Waals surface area contributed by atoms with Gasteiger partial charge in [-0.3, -0.25) is 4.79 Å². The lowest BCUT2D eigenvalue weighted by atomic mass is 9.82. The van der Waals surface area contributed by atoms with Gasteiger partial charge >= 0.3 is 0 Å². The molecule has 4 heteroatoms. The van der Waals surface area contributed by atoms with Gasteiger partial charge in [-0.25, -0.2) is 0 Å². The smallest absolute Gasteiger partial charge is 0.256 e. The normalized spacial score (nSPS) is 16.9. The van der Waals surface area contributed by atoms with Crippen LogP contribution in [0.3, 0.4) is 0 Å². The molecule has 0 saturated heterocycles. The van der Waals surface area contributed by atoms with E-state index in [1.807, 2.05) is 30.3 Å². The number of hydrogen-bond acceptors (Lipinski definition) is 3. The molecule has 0 spiro atoms. The molecule has 146 valence electrons. The second kappa shape index (κ2) is 7.53. The maximum absolute atomic E-state index is 12.6. The van der Waals surface area contributed by atoms with Crippen LogP contribution in [0.25, 0.3) is 10.8 Å². The summed E-state index contributed by atoms with van der Waals surface area (Å²) in [5, 5.41) is 1.78. The lowest BCUT2D eigenvalue weighted by molar-refractivity contribution is -0.0821. The van der Waals surface area contributed by atoms with Crippen molar-refractivity contribution >= 4 is 10.8 Å². The van der Waals surface area contributed by atoms with Crippen molar-refractivity contribution < 1.29 is 9.47 Å². The van der Waals surface area contributed by atoms with Crippen molar-refractivity contribution in [3.8, 4) is 0 Å². The summed E-state index contributed by atoms with van der Waals surface area (Å²) in [4.78, 5) is 15.7. The summed E-state index contributed by atoms with van der Waals surface area (Å²) in [6, 6.07) is 16.1. The van der Waals surface area contributed by atoms with Gasteiger partial charge in [0, 0.05) is 28.5 Å². The van der Waals surface area contributed by atoms with E-state index in [2.05, 4.69) is 44.0 Å². The maximum atomic E-state index is 12.6. The van der Waals surface area contributed by atoms with E-state index in [0.29, 0.717) is 26.2 Å². The van der Waals surface area contributed by atoms with Crippen LogP contribution < -0.4 is 5.56 Å². The highest BCUT2D eigenvalue weighted by molar-refractivity contribution is 5.88.